The number of benzene rings is 1. The second-order valence-electron chi connectivity index (χ2n) is 9.27. The lowest BCUT2D eigenvalue weighted by Crippen LogP contribution is -2.49. The van der Waals surface area contributed by atoms with E-state index in [1.54, 1.807) is 0 Å². The predicted octanol–water partition coefficient (Wildman–Crippen LogP) is 3.76. The number of ether oxygens (including phenoxy) is 2. The second-order valence-corrected chi connectivity index (χ2v) is 14.0. The molecule has 2 aliphatic heterocycles. The molecule has 3 heterocycles. The zero-order chi connectivity index (χ0) is 22.6. The summed E-state index contributed by atoms with van der Waals surface area (Å²) in [4.78, 5) is 17.0. The van der Waals surface area contributed by atoms with Crippen LogP contribution < -0.4 is 15.7 Å². The average molecular weight is 433 g/mol. The number of nitrogens with zero attached hydrogens (tertiary/aromatic N) is 2. The summed E-state index contributed by atoms with van der Waals surface area (Å²) in [6, 6.07) is 7.37. The lowest BCUT2D eigenvalue weighted by Gasteiger charge is -2.40. The fourth-order valence-electron chi connectivity index (χ4n) is 3.29. The Morgan fingerprint density at radius 2 is 2.03 bits per heavy atom. The van der Waals surface area contributed by atoms with Crippen LogP contribution in [0.2, 0.25) is 18.1 Å². The Kier molecular flexibility index (Phi) is 4.73. The number of nitrogens with one attached hydrogen (secondary N) is 1. The first kappa shape index (κ1) is 19.7. The number of aliphatic hydroxyl groups is 1. The van der Waals surface area contributed by atoms with Gasteiger partial charge in [0.2, 0.25) is 0 Å². The highest BCUT2D eigenvalue weighted by Gasteiger charge is 2.49. The number of aromatic nitrogens is 2. The topological polar surface area (TPSA) is 94.8 Å². The highest BCUT2D eigenvalue weighted by atomic mass is 28.4. The molecule has 30 heavy (non-hydrogen) atoms. The van der Waals surface area contributed by atoms with Crippen molar-refractivity contribution in [3.63, 3.8) is 0 Å². The molecule has 2 aromatic rings. The van der Waals surface area contributed by atoms with Crippen LogP contribution >= 0.6 is 0 Å². The van der Waals surface area contributed by atoms with Crippen molar-refractivity contribution in [2.75, 3.05) is 5.32 Å². The molecule has 8 nitrogen and oxygen atoms in total. The van der Waals surface area contributed by atoms with E-state index in [1.165, 1.54) is 10.8 Å². The Balaban J connectivity index is 1.71. The molecule has 0 saturated carbocycles. The molecule has 0 radical (unpaired) electrons. The van der Waals surface area contributed by atoms with Gasteiger partial charge in [0, 0.05) is 1.37 Å². The Morgan fingerprint density at radius 3 is 2.73 bits per heavy atom. The van der Waals surface area contributed by atoms with E-state index in [2.05, 4.69) is 44.2 Å². The van der Waals surface area contributed by atoms with Crippen LogP contribution in [0.5, 0.6) is 11.5 Å². The maximum absolute atomic E-state index is 12.9. The highest BCUT2D eigenvalue weighted by Crippen LogP contribution is 2.43. The Morgan fingerprint density at radius 1 is 1.30 bits per heavy atom. The average Bonchev–Trinajstić information content (AvgIpc) is 3.00. The normalized spacial score (nSPS) is 26.3. The van der Waals surface area contributed by atoms with Crippen molar-refractivity contribution < 1.29 is 20.4 Å². The molecule has 9 heteroatoms. The molecule has 0 spiro atoms. The minimum absolute atomic E-state index is 0.105. The molecule has 0 bridgehead atoms. The van der Waals surface area contributed by atoms with Gasteiger partial charge >= 0.3 is 5.69 Å². The molecule has 1 aromatic heterocycles. The quantitative estimate of drug-likeness (QED) is 0.609. The van der Waals surface area contributed by atoms with Crippen molar-refractivity contribution in [2.24, 2.45) is 0 Å². The second kappa shape index (κ2) is 7.19. The van der Waals surface area contributed by atoms with E-state index >= 15 is 0 Å². The molecule has 0 aliphatic carbocycles. The summed E-state index contributed by atoms with van der Waals surface area (Å²) in [5, 5.41) is 13.8. The van der Waals surface area contributed by atoms with Crippen LogP contribution in [0, 0.1) is 0 Å². The number of fused-ring (bicyclic) bond motifs is 2. The summed E-state index contributed by atoms with van der Waals surface area (Å²) >= 11 is 0. The molecule has 4 atom stereocenters. The van der Waals surface area contributed by atoms with Gasteiger partial charge in [-0.15, -0.1) is 0 Å². The van der Waals surface area contributed by atoms with E-state index in [9.17, 15) is 9.90 Å². The van der Waals surface area contributed by atoms with Gasteiger partial charge in [-0.05, 0) is 37.2 Å². The summed E-state index contributed by atoms with van der Waals surface area (Å²) in [6.07, 6.45) is -1.97. The number of hydrogen-bond donors (Lipinski definition) is 2. The predicted molar refractivity (Wildman–Crippen MR) is 116 cm³/mol. The fraction of sp³-hybridized carbons (Fsp3) is 0.524. The van der Waals surface area contributed by atoms with Crippen LogP contribution in [0.1, 0.15) is 35.3 Å². The molecular formula is C21H29N3O5Si. The highest BCUT2D eigenvalue weighted by molar-refractivity contribution is 6.74. The molecule has 2 N–H and O–H groups in total. The van der Waals surface area contributed by atoms with Crippen LogP contribution in [0.3, 0.4) is 0 Å². The van der Waals surface area contributed by atoms with E-state index in [0.717, 1.165) is 5.69 Å². The van der Waals surface area contributed by atoms with Crippen LogP contribution in [-0.4, -0.2) is 41.3 Å². The number of rotatable bonds is 3. The first-order valence-electron chi connectivity index (χ1n) is 10.7. The molecule has 1 aromatic carbocycles. The molecular weight excluding hydrogens is 402 g/mol. The van der Waals surface area contributed by atoms with Crippen LogP contribution in [0.15, 0.2) is 35.3 Å². The van der Waals surface area contributed by atoms with Crippen molar-refractivity contribution in [3.05, 3.63) is 40.9 Å². The standard InChI is InChI=1S/C21H29N3O5Si/c1-12-16(25)17(29-30(5,6)21(2,3)4)19(27-12)24-11-15-18(23-20(24)26)22-13-9-7-8-10-14(13)28-15/h7-12,16-17,19,25H,1-6H3,(H,22,23,26)/t12-,16?,17+,19-/m1/s1/i1D. The number of para-hydroxylation sites is 2. The summed E-state index contributed by atoms with van der Waals surface area (Å²) in [6.45, 7) is 10.3. The molecule has 1 saturated heterocycles. The van der Waals surface area contributed by atoms with Crippen molar-refractivity contribution in [1.82, 2.24) is 9.55 Å². The van der Waals surface area contributed by atoms with Crippen molar-refractivity contribution >= 4 is 19.8 Å². The molecule has 1 unspecified atom stereocenters. The van der Waals surface area contributed by atoms with Crippen molar-refractivity contribution in [3.8, 4) is 11.5 Å². The van der Waals surface area contributed by atoms with Gasteiger partial charge < -0.3 is 24.3 Å². The van der Waals surface area contributed by atoms with E-state index in [0.29, 0.717) is 17.3 Å². The van der Waals surface area contributed by atoms with Crippen LogP contribution in [0.4, 0.5) is 11.5 Å². The minimum Gasteiger partial charge on any atom is -0.450 e. The summed E-state index contributed by atoms with van der Waals surface area (Å²) in [7, 11) is -2.30. The number of anilines is 2. The maximum Gasteiger partial charge on any atom is 0.351 e. The van der Waals surface area contributed by atoms with Gasteiger partial charge in [-0.3, -0.25) is 4.57 Å². The van der Waals surface area contributed by atoms with E-state index in [-0.39, 0.29) is 11.9 Å². The zero-order valence-corrected chi connectivity index (χ0v) is 18.9. The van der Waals surface area contributed by atoms with Gasteiger partial charge in [0.25, 0.3) is 0 Å². The van der Waals surface area contributed by atoms with Gasteiger partial charge in [-0.2, -0.15) is 4.98 Å². The smallest absolute Gasteiger partial charge is 0.351 e. The first-order valence-corrected chi connectivity index (χ1v) is 12.9. The Labute approximate surface area is 178 Å². The van der Waals surface area contributed by atoms with Crippen LogP contribution in [-0.2, 0) is 9.16 Å². The summed E-state index contributed by atoms with van der Waals surface area (Å²) in [5.41, 5.74) is 0.168. The van der Waals surface area contributed by atoms with E-state index < -0.39 is 38.5 Å². The number of aliphatic hydroxyl groups excluding tert-OH is 1. The molecule has 2 aliphatic rings. The van der Waals surface area contributed by atoms with Crippen molar-refractivity contribution in [1.29, 1.82) is 0 Å². The van der Waals surface area contributed by atoms with Gasteiger partial charge in [0.1, 0.15) is 12.2 Å². The lowest BCUT2D eigenvalue weighted by molar-refractivity contribution is -0.0313. The summed E-state index contributed by atoms with van der Waals surface area (Å²) < 4.78 is 27.4. The first-order chi connectivity index (χ1) is 14.5. The molecule has 4 rings (SSSR count). The monoisotopic (exact) mass is 432 g/mol. The molecule has 0 amide bonds. The number of hydrogen-bond acceptors (Lipinski definition) is 7. The SMILES string of the molecule is [2H]C[C@H]1O[C@@H](n2cc3c(nc2=O)Nc2ccccc2O3)[C@@H](O[Si](C)(C)C(C)(C)C)C1O. The molecule has 162 valence electrons. The molecule has 1 fully saturated rings. The van der Waals surface area contributed by atoms with Crippen molar-refractivity contribution in [2.45, 2.75) is 70.3 Å². The van der Waals surface area contributed by atoms with Crippen LogP contribution in [0.25, 0.3) is 0 Å². The third-order valence-electron chi connectivity index (χ3n) is 6.10. The maximum atomic E-state index is 12.9. The Hall–Kier alpha value is -2.20. The van der Waals surface area contributed by atoms with Gasteiger partial charge in [0.15, 0.2) is 31.9 Å². The third kappa shape index (κ3) is 3.56. The van der Waals surface area contributed by atoms with E-state index in [4.69, 9.17) is 15.3 Å². The van der Waals surface area contributed by atoms with Gasteiger partial charge in [-0.25, -0.2) is 4.79 Å². The largest absolute Gasteiger partial charge is 0.450 e. The van der Waals surface area contributed by atoms with Gasteiger partial charge in [0.05, 0.1) is 18.0 Å². The Bertz CT molecular complexity index is 1040. The fourth-order valence-corrected chi connectivity index (χ4v) is 4.58. The summed E-state index contributed by atoms with van der Waals surface area (Å²) in [5.74, 6) is 1.31. The zero-order valence-electron chi connectivity index (χ0n) is 18.9. The minimum atomic E-state index is -2.30. The van der Waals surface area contributed by atoms with Gasteiger partial charge in [-0.1, -0.05) is 32.9 Å². The van der Waals surface area contributed by atoms with E-state index in [1.807, 2.05) is 24.3 Å². The third-order valence-corrected chi connectivity index (χ3v) is 10.6. The lowest BCUT2D eigenvalue weighted by atomic mass is 10.1.